The zero-order chi connectivity index (χ0) is 7.56. The van der Waals surface area contributed by atoms with Gasteiger partial charge in [0.15, 0.2) is 0 Å². The number of hydrogen-bond acceptors (Lipinski definition) is 1. The molecule has 1 rings (SSSR count). The lowest BCUT2D eigenvalue weighted by molar-refractivity contribution is 0.247. The number of amides is 2. The Kier molecular flexibility index (Phi) is 2.14. The Morgan fingerprint density at radius 3 is 2.80 bits per heavy atom. The first-order chi connectivity index (χ1) is 4.68. The van der Waals surface area contributed by atoms with Crippen molar-refractivity contribution in [2.45, 2.75) is 26.3 Å². The van der Waals surface area contributed by atoms with E-state index in [1.54, 1.807) is 0 Å². The van der Waals surface area contributed by atoms with Crippen molar-refractivity contribution in [2.24, 2.45) is 5.92 Å². The maximum absolute atomic E-state index is 10.6. The van der Waals surface area contributed by atoms with E-state index in [1.807, 2.05) is 0 Å². The van der Waals surface area contributed by atoms with E-state index in [2.05, 4.69) is 24.5 Å². The number of urea groups is 1. The third-order valence-corrected chi connectivity index (χ3v) is 1.60. The van der Waals surface area contributed by atoms with E-state index >= 15 is 0 Å². The van der Waals surface area contributed by atoms with Crippen molar-refractivity contribution in [1.29, 1.82) is 0 Å². The summed E-state index contributed by atoms with van der Waals surface area (Å²) in [5.74, 6) is 0.658. The lowest BCUT2D eigenvalue weighted by Gasteiger charge is -2.09. The maximum atomic E-state index is 10.6. The van der Waals surface area contributed by atoms with E-state index in [4.69, 9.17) is 0 Å². The Morgan fingerprint density at radius 2 is 2.40 bits per heavy atom. The predicted molar refractivity (Wildman–Crippen MR) is 39.8 cm³/mol. The van der Waals surface area contributed by atoms with Crippen LogP contribution in [0.3, 0.4) is 0 Å². The van der Waals surface area contributed by atoms with Gasteiger partial charge >= 0.3 is 6.03 Å². The molecule has 0 unspecified atom stereocenters. The van der Waals surface area contributed by atoms with Crippen LogP contribution in [0.4, 0.5) is 4.79 Å². The van der Waals surface area contributed by atoms with Gasteiger partial charge in [-0.2, -0.15) is 0 Å². The monoisotopic (exact) mass is 142 g/mol. The summed E-state index contributed by atoms with van der Waals surface area (Å²) in [6.07, 6.45) is 1.07. The molecule has 1 aliphatic heterocycles. The minimum absolute atomic E-state index is 0.0225. The average Bonchev–Trinajstić information content (AvgIpc) is 2.13. The Bertz CT molecular complexity index is 134. The van der Waals surface area contributed by atoms with Crippen molar-refractivity contribution in [3.8, 4) is 0 Å². The van der Waals surface area contributed by atoms with Crippen LogP contribution >= 0.6 is 0 Å². The second-order valence-corrected chi connectivity index (χ2v) is 3.18. The smallest absolute Gasteiger partial charge is 0.315 e. The van der Waals surface area contributed by atoms with E-state index in [-0.39, 0.29) is 6.03 Å². The van der Waals surface area contributed by atoms with E-state index in [0.717, 1.165) is 13.0 Å². The fourth-order valence-electron chi connectivity index (χ4n) is 1.21. The van der Waals surface area contributed by atoms with Crippen LogP contribution < -0.4 is 10.6 Å². The zero-order valence-electron chi connectivity index (χ0n) is 6.48. The molecule has 0 aromatic rings. The molecule has 0 radical (unpaired) electrons. The summed E-state index contributed by atoms with van der Waals surface area (Å²) < 4.78 is 0. The summed E-state index contributed by atoms with van der Waals surface area (Å²) >= 11 is 0. The molecule has 0 aromatic heterocycles. The standard InChI is InChI=1S/C7H14N2O/c1-5(2)3-6-4-8-7(10)9-6/h5-6H,3-4H2,1-2H3,(H2,8,9,10)/t6-/m0/s1. The van der Waals surface area contributed by atoms with Crippen molar-refractivity contribution in [1.82, 2.24) is 10.6 Å². The van der Waals surface area contributed by atoms with Gasteiger partial charge in [0, 0.05) is 12.6 Å². The molecule has 1 aliphatic rings. The van der Waals surface area contributed by atoms with Crippen molar-refractivity contribution in [2.75, 3.05) is 6.54 Å². The van der Waals surface area contributed by atoms with Crippen molar-refractivity contribution in [3.63, 3.8) is 0 Å². The minimum atomic E-state index is -0.0225. The average molecular weight is 142 g/mol. The Hall–Kier alpha value is -0.730. The number of carbonyl (C=O) groups excluding carboxylic acids is 1. The number of carbonyl (C=O) groups is 1. The first-order valence-corrected chi connectivity index (χ1v) is 3.73. The highest BCUT2D eigenvalue weighted by molar-refractivity contribution is 5.76. The molecule has 2 amide bonds. The van der Waals surface area contributed by atoms with Crippen LogP contribution in [0.25, 0.3) is 0 Å². The molecule has 3 nitrogen and oxygen atoms in total. The minimum Gasteiger partial charge on any atom is -0.336 e. The SMILES string of the molecule is CC(C)C[C@H]1CNC(=O)N1. The zero-order valence-corrected chi connectivity index (χ0v) is 6.48. The van der Waals surface area contributed by atoms with Crippen LogP contribution in [0, 0.1) is 5.92 Å². The Morgan fingerprint density at radius 1 is 1.70 bits per heavy atom. The summed E-state index contributed by atoms with van der Waals surface area (Å²) in [5, 5.41) is 5.56. The first kappa shape index (κ1) is 7.38. The number of rotatable bonds is 2. The highest BCUT2D eigenvalue weighted by Gasteiger charge is 2.19. The van der Waals surface area contributed by atoms with Crippen LogP contribution in [0.2, 0.25) is 0 Å². The largest absolute Gasteiger partial charge is 0.336 e. The van der Waals surface area contributed by atoms with Gasteiger partial charge in [0.1, 0.15) is 0 Å². The van der Waals surface area contributed by atoms with E-state index in [1.165, 1.54) is 0 Å². The highest BCUT2D eigenvalue weighted by Crippen LogP contribution is 2.05. The Balaban J connectivity index is 2.24. The molecule has 0 bridgehead atoms. The summed E-state index contributed by atoms with van der Waals surface area (Å²) in [4.78, 5) is 10.6. The second-order valence-electron chi connectivity index (χ2n) is 3.18. The lowest BCUT2D eigenvalue weighted by atomic mass is 10.1. The molecule has 58 valence electrons. The van der Waals surface area contributed by atoms with Gasteiger partial charge in [-0.25, -0.2) is 4.79 Å². The fraction of sp³-hybridized carbons (Fsp3) is 0.857. The van der Waals surface area contributed by atoms with Crippen LogP contribution in [0.1, 0.15) is 20.3 Å². The predicted octanol–water partition coefficient (Wildman–Crippen LogP) is 0.714. The molecule has 2 N–H and O–H groups in total. The third-order valence-electron chi connectivity index (χ3n) is 1.60. The summed E-state index contributed by atoms with van der Waals surface area (Å²) in [5.41, 5.74) is 0. The van der Waals surface area contributed by atoms with Crippen molar-refractivity contribution in [3.05, 3.63) is 0 Å². The normalized spacial score (nSPS) is 24.7. The molecule has 0 aromatic carbocycles. The fourth-order valence-corrected chi connectivity index (χ4v) is 1.21. The molecule has 1 fully saturated rings. The lowest BCUT2D eigenvalue weighted by Crippen LogP contribution is -2.27. The van der Waals surface area contributed by atoms with Gasteiger partial charge in [-0.15, -0.1) is 0 Å². The first-order valence-electron chi connectivity index (χ1n) is 3.73. The number of hydrogen-bond donors (Lipinski definition) is 2. The summed E-state index contributed by atoms with van der Waals surface area (Å²) in [6.45, 7) is 5.10. The molecular weight excluding hydrogens is 128 g/mol. The second kappa shape index (κ2) is 2.90. The van der Waals surface area contributed by atoms with Gasteiger partial charge in [-0.3, -0.25) is 0 Å². The van der Waals surface area contributed by atoms with E-state index in [0.29, 0.717) is 12.0 Å². The van der Waals surface area contributed by atoms with E-state index in [9.17, 15) is 4.79 Å². The van der Waals surface area contributed by atoms with Gasteiger partial charge in [0.2, 0.25) is 0 Å². The van der Waals surface area contributed by atoms with Gasteiger partial charge < -0.3 is 10.6 Å². The van der Waals surface area contributed by atoms with E-state index < -0.39 is 0 Å². The highest BCUT2D eigenvalue weighted by atomic mass is 16.2. The molecule has 1 heterocycles. The Labute approximate surface area is 61.2 Å². The van der Waals surface area contributed by atoms with Gasteiger partial charge in [-0.1, -0.05) is 13.8 Å². The molecule has 0 saturated carbocycles. The van der Waals surface area contributed by atoms with Crippen LogP contribution in [0.15, 0.2) is 0 Å². The topological polar surface area (TPSA) is 41.1 Å². The summed E-state index contributed by atoms with van der Waals surface area (Å²) in [7, 11) is 0. The van der Waals surface area contributed by atoms with Crippen LogP contribution in [-0.4, -0.2) is 18.6 Å². The summed E-state index contributed by atoms with van der Waals surface area (Å²) in [6, 6.07) is 0.332. The van der Waals surface area contributed by atoms with Crippen molar-refractivity contribution >= 4 is 6.03 Å². The molecule has 1 atom stereocenters. The van der Waals surface area contributed by atoms with Gasteiger partial charge in [0.25, 0.3) is 0 Å². The number of nitrogens with one attached hydrogen (secondary N) is 2. The molecule has 10 heavy (non-hydrogen) atoms. The van der Waals surface area contributed by atoms with Crippen LogP contribution in [0.5, 0.6) is 0 Å². The van der Waals surface area contributed by atoms with Crippen molar-refractivity contribution < 1.29 is 4.79 Å². The third kappa shape index (κ3) is 1.90. The molecule has 1 saturated heterocycles. The quantitative estimate of drug-likeness (QED) is 0.586. The van der Waals surface area contributed by atoms with Gasteiger partial charge in [0.05, 0.1) is 0 Å². The van der Waals surface area contributed by atoms with Crippen LogP contribution in [-0.2, 0) is 0 Å². The van der Waals surface area contributed by atoms with Gasteiger partial charge in [-0.05, 0) is 12.3 Å². The molecule has 0 aliphatic carbocycles. The molecule has 0 spiro atoms. The molecular formula is C7H14N2O. The molecule has 3 heteroatoms. The maximum Gasteiger partial charge on any atom is 0.315 e.